The van der Waals surface area contributed by atoms with Crippen molar-refractivity contribution in [3.8, 4) is 0 Å². The van der Waals surface area contributed by atoms with Gasteiger partial charge < -0.3 is 10.2 Å². The summed E-state index contributed by atoms with van der Waals surface area (Å²) in [5, 5.41) is 18.1. The highest BCUT2D eigenvalue weighted by Gasteiger charge is 2.50. The number of aliphatic carboxylic acids is 2. The summed E-state index contributed by atoms with van der Waals surface area (Å²) in [7, 11) is 0. The Morgan fingerprint density at radius 1 is 1.25 bits per heavy atom. The van der Waals surface area contributed by atoms with E-state index >= 15 is 0 Å². The van der Waals surface area contributed by atoms with Crippen molar-refractivity contribution in [2.24, 2.45) is 17.3 Å². The lowest BCUT2D eigenvalue weighted by molar-refractivity contribution is -0.166. The highest BCUT2D eigenvalue weighted by atomic mass is 16.4. The van der Waals surface area contributed by atoms with Crippen LogP contribution in [0.25, 0.3) is 0 Å². The Morgan fingerprint density at radius 2 is 1.81 bits per heavy atom. The zero-order chi connectivity index (χ0) is 12.5. The zero-order valence-electron chi connectivity index (χ0n) is 9.40. The quantitative estimate of drug-likeness (QED) is 0.756. The first-order chi connectivity index (χ1) is 7.29. The van der Waals surface area contributed by atoms with E-state index in [2.05, 4.69) is 0 Å². The van der Waals surface area contributed by atoms with Crippen molar-refractivity contribution < 1.29 is 24.6 Å². The van der Waals surface area contributed by atoms with Gasteiger partial charge in [-0.15, -0.1) is 0 Å². The Labute approximate surface area is 93.5 Å². The highest BCUT2D eigenvalue weighted by molar-refractivity contribution is 5.85. The van der Waals surface area contributed by atoms with Crippen LogP contribution in [0.1, 0.15) is 33.1 Å². The number of hydrogen-bond acceptors (Lipinski definition) is 3. The van der Waals surface area contributed by atoms with Crippen LogP contribution in [0.15, 0.2) is 0 Å². The highest BCUT2D eigenvalue weighted by Crippen LogP contribution is 2.44. The predicted octanol–water partition coefficient (Wildman–Crippen LogP) is 1.17. The van der Waals surface area contributed by atoms with E-state index in [-0.39, 0.29) is 24.5 Å². The summed E-state index contributed by atoms with van der Waals surface area (Å²) >= 11 is 0. The summed E-state index contributed by atoms with van der Waals surface area (Å²) in [6.07, 6.45) is 0.832. The zero-order valence-corrected chi connectivity index (χ0v) is 9.40. The van der Waals surface area contributed by atoms with Gasteiger partial charge in [0.05, 0.1) is 11.3 Å². The molecule has 0 radical (unpaired) electrons. The molecule has 0 aromatic carbocycles. The van der Waals surface area contributed by atoms with Crippen molar-refractivity contribution in [1.29, 1.82) is 0 Å². The number of Topliss-reactive ketones (excluding diaryl/α,β-unsaturated/α-hetero) is 1. The van der Waals surface area contributed by atoms with Crippen molar-refractivity contribution >= 4 is 17.7 Å². The molecule has 0 bridgehead atoms. The predicted molar refractivity (Wildman–Crippen MR) is 54.9 cm³/mol. The lowest BCUT2D eigenvalue weighted by atomic mass is 9.63. The van der Waals surface area contributed by atoms with Gasteiger partial charge in [-0.3, -0.25) is 14.4 Å². The second kappa shape index (κ2) is 4.23. The molecule has 5 heteroatoms. The minimum atomic E-state index is -1.25. The molecule has 1 saturated carbocycles. The standard InChI is InChI=1S/C11H16O5/c1-6(12)7-3-4-11(2,10(15)16)8(5-7)9(13)14/h7-8H,3-5H2,1-2H3,(H,13,14)(H,15,16). The van der Waals surface area contributed by atoms with E-state index in [0.717, 1.165) is 0 Å². The van der Waals surface area contributed by atoms with Gasteiger partial charge in [-0.25, -0.2) is 0 Å². The fraction of sp³-hybridized carbons (Fsp3) is 0.727. The topological polar surface area (TPSA) is 91.7 Å². The molecule has 3 unspecified atom stereocenters. The Morgan fingerprint density at radius 3 is 2.19 bits per heavy atom. The third-order valence-corrected chi connectivity index (χ3v) is 3.66. The van der Waals surface area contributed by atoms with Gasteiger partial charge >= 0.3 is 11.9 Å². The largest absolute Gasteiger partial charge is 0.481 e. The van der Waals surface area contributed by atoms with E-state index in [9.17, 15) is 14.4 Å². The van der Waals surface area contributed by atoms with E-state index < -0.39 is 23.3 Å². The van der Waals surface area contributed by atoms with Gasteiger partial charge in [0.2, 0.25) is 0 Å². The Hall–Kier alpha value is -1.39. The van der Waals surface area contributed by atoms with Gasteiger partial charge in [0, 0.05) is 5.92 Å². The number of carboxylic acids is 2. The molecule has 0 saturated heterocycles. The van der Waals surface area contributed by atoms with Crippen molar-refractivity contribution in [1.82, 2.24) is 0 Å². The van der Waals surface area contributed by atoms with Crippen LogP contribution in [0.4, 0.5) is 0 Å². The van der Waals surface area contributed by atoms with E-state index in [4.69, 9.17) is 10.2 Å². The summed E-state index contributed by atoms with van der Waals surface area (Å²) in [5.41, 5.74) is -1.25. The van der Waals surface area contributed by atoms with Crippen LogP contribution >= 0.6 is 0 Å². The SMILES string of the molecule is CC(=O)C1CCC(C)(C(=O)O)C(C(=O)O)C1. The van der Waals surface area contributed by atoms with Crippen LogP contribution in [0.2, 0.25) is 0 Å². The maximum Gasteiger partial charge on any atom is 0.310 e. The van der Waals surface area contributed by atoms with Crippen LogP contribution in [-0.4, -0.2) is 27.9 Å². The third kappa shape index (κ3) is 2.08. The molecule has 1 rings (SSSR count). The van der Waals surface area contributed by atoms with E-state index in [1.807, 2.05) is 0 Å². The summed E-state index contributed by atoms with van der Waals surface area (Å²) in [5.74, 6) is -3.57. The molecular formula is C11H16O5. The monoisotopic (exact) mass is 228 g/mol. The second-order valence-electron chi connectivity index (χ2n) is 4.70. The second-order valence-corrected chi connectivity index (χ2v) is 4.70. The average molecular weight is 228 g/mol. The Kier molecular flexibility index (Phi) is 3.35. The molecular weight excluding hydrogens is 212 g/mol. The lowest BCUT2D eigenvalue weighted by Crippen LogP contribution is -2.45. The molecule has 5 nitrogen and oxygen atoms in total. The molecule has 16 heavy (non-hydrogen) atoms. The molecule has 3 atom stereocenters. The summed E-state index contributed by atoms with van der Waals surface area (Å²) in [4.78, 5) is 33.4. The van der Waals surface area contributed by atoms with Gasteiger partial charge in [0.15, 0.2) is 0 Å². The summed E-state index contributed by atoms with van der Waals surface area (Å²) < 4.78 is 0. The molecule has 2 N–H and O–H groups in total. The number of ketones is 1. The summed E-state index contributed by atoms with van der Waals surface area (Å²) in [6.45, 7) is 2.87. The van der Waals surface area contributed by atoms with Crippen molar-refractivity contribution in [3.63, 3.8) is 0 Å². The van der Waals surface area contributed by atoms with Crippen LogP contribution in [0.5, 0.6) is 0 Å². The first-order valence-corrected chi connectivity index (χ1v) is 5.25. The van der Waals surface area contributed by atoms with Gasteiger partial charge in [-0.05, 0) is 33.1 Å². The van der Waals surface area contributed by atoms with E-state index in [0.29, 0.717) is 6.42 Å². The van der Waals surface area contributed by atoms with Gasteiger partial charge in [0.25, 0.3) is 0 Å². The fourth-order valence-electron chi connectivity index (χ4n) is 2.31. The smallest absolute Gasteiger partial charge is 0.310 e. The molecule has 1 aliphatic carbocycles. The van der Waals surface area contributed by atoms with Crippen molar-refractivity contribution in [3.05, 3.63) is 0 Å². The normalized spacial score (nSPS) is 34.4. The molecule has 0 aromatic rings. The minimum absolute atomic E-state index is 0.0568. The van der Waals surface area contributed by atoms with E-state index in [1.165, 1.54) is 13.8 Å². The molecule has 0 aromatic heterocycles. The number of hydrogen-bond donors (Lipinski definition) is 2. The van der Waals surface area contributed by atoms with Crippen molar-refractivity contribution in [2.75, 3.05) is 0 Å². The minimum Gasteiger partial charge on any atom is -0.481 e. The molecule has 90 valence electrons. The summed E-state index contributed by atoms with van der Waals surface area (Å²) in [6, 6.07) is 0. The average Bonchev–Trinajstić information content (AvgIpc) is 2.17. The number of carboxylic acid groups (broad SMARTS) is 2. The van der Waals surface area contributed by atoms with Crippen LogP contribution in [-0.2, 0) is 14.4 Å². The Bertz CT molecular complexity index is 335. The maximum absolute atomic E-state index is 11.2. The number of carbonyl (C=O) groups excluding carboxylic acids is 1. The molecule has 0 heterocycles. The van der Waals surface area contributed by atoms with Gasteiger partial charge in [-0.1, -0.05) is 0 Å². The first-order valence-electron chi connectivity index (χ1n) is 5.25. The number of carbonyl (C=O) groups is 3. The molecule has 0 aliphatic heterocycles. The van der Waals surface area contributed by atoms with Crippen LogP contribution in [0.3, 0.4) is 0 Å². The maximum atomic E-state index is 11.2. The van der Waals surface area contributed by atoms with Gasteiger partial charge in [0.1, 0.15) is 5.78 Å². The lowest BCUT2D eigenvalue weighted by Gasteiger charge is -2.38. The molecule has 0 amide bonds. The van der Waals surface area contributed by atoms with Crippen molar-refractivity contribution in [2.45, 2.75) is 33.1 Å². The third-order valence-electron chi connectivity index (χ3n) is 3.66. The number of rotatable bonds is 3. The Balaban J connectivity index is 2.96. The van der Waals surface area contributed by atoms with Crippen LogP contribution in [0, 0.1) is 17.3 Å². The van der Waals surface area contributed by atoms with Crippen LogP contribution < -0.4 is 0 Å². The fourth-order valence-corrected chi connectivity index (χ4v) is 2.31. The van der Waals surface area contributed by atoms with Gasteiger partial charge in [-0.2, -0.15) is 0 Å². The van der Waals surface area contributed by atoms with E-state index in [1.54, 1.807) is 0 Å². The molecule has 0 spiro atoms. The first kappa shape index (κ1) is 12.7. The molecule has 1 aliphatic rings. The molecule has 1 fully saturated rings.